The van der Waals surface area contributed by atoms with Gasteiger partial charge in [-0.15, -0.1) is 0 Å². The SMILES string of the molecule is CC(C)(C)C(=O)N/C(=N/c1nccn1C(C)(C)C)Nc1ccc(Cl)c(Cl)c1. The van der Waals surface area contributed by atoms with Crippen molar-refractivity contribution in [2.24, 2.45) is 10.4 Å². The van der Waals surface area contributed by atoms with Gasteiger partial charge in [0, 0.05) is 29.0 Å². The number of aromatic nitrogens is 2. The van der Waals surface area contributed by atoms with Crippen molar-refractivity contribution in [2.75, 3.05) is 5.32 Å². The molecule has 2 aromatic rings. The summed E-state index contributed by atoms with van der Waals surface area (Å²) in [5, 5.41) is 6.76. The minimum atomic E-state index is -0.584. The van der Waals surface area contributed by atoms with Crippen LogP contribution in [0.25, 0.3) is 0 Å². The molecule has 0 fully saturated rings. The van der Waals surface area contributed by atoms with E-state index in [0.717, 1.165) is 0 Å². The number of nitrogens with one attached hydrogen (secondary N) is 2. The molecule has 0 atom stereocenters. The number of hydrogen-bond donors (Lipinski definition) is 2. The van der Waals surface area contributed by atoms with Crippen molar-refractivity contribution in [3.63, 3.8) is 0 Å². The van der Waals surface area contributed by atoms with Crippen molar-refractivity contribution in [3.05, 3.63) is 40.6 Å². The summed E-state index contributed by atoms with van der Waals surface area (Å²) in [6.07, 6.45) is 3.52. The summed E-state index contributed by atoms with van der Waals surface area (Å²) < 4.78 is 1.92. The number of imidazole rings is 1. The van der Waals surface area contributed by atoms with Gasteiger partial charge < -0.3 is 9.88 Å². The van der Waals surface area contributed by atoms with E-state index in [1.165, 1.54) is 0 Å². The fourth-order valence-corrected chi connectivity index (χ4v) is 2.39. The molecule has 27 heavy (non-hydrogen) atoms. The van der Waals surface area contributed by atoms with Gasteiger partial charge in [0.05, 0.1) is 10.0 Å². The molecule has 1 heterocycles. The highest BCUT2D eigenvalue weighted by atomic mass is 35.5. The molecule has 0 radical (unpaired) electrons. The van der Waals surface area contributed by atoms with Crippen LogP contribution in [0, 0.1) is 5.41 Å². The first-order valence-electron chi connectivity index (χ1n) is 8.54. The molecule has 0 aliphatic rings. The molecular weight excluding hydrogens is 385 g/mol. The highest BCUT2D eigenvalue weighted by molar-refractivity contribution is 6.42. The first kappa shape index (κ1) is 21.3. The van der Waals surface area contributed by atoms with E-state index in [0.29, 0.717) is 21.7 Å². The van der Waals surface area contributed by atoms with Crippen LogP contribution in [0.5, 0.6) is 0 Å². The van der Waals surface area contributed by atoms with Crippen LogP contribution in [0.2, 0.25) is 10.0 Å². The second-order valence-corrected chi connectivity index (χ2v) is 9.00. The van der Waals surface area contributed by atoms with Crippen molar-refractivity contribution in [1.29, 1.82) is 0 Å². The van der Waals surface area contributed by atoms with E-state index in [1.54, 1.807) is 24.4 Å². The Bertz CT molecular complexity index is 860. The van der Waals surface area contributed by atoms with E-state index in [2.05, 4.69) is 20.6 Å². The molecule has 0 saturated carbocycles. The number of benzene rings is 1. The second kappa shape index (κ2) is 7.90. The Kier molecular flexibility index (Phi) is 6.22. The maximum Gasteiger partial charge on any atom is 0.233 e. The van der Waals surface area contributed by atoms with Gasteiger partial charge in [-0.1, -0.05) is 44.0 Å². The van der Waals surface area contributed by atoms with Crippen LogP contribution in [-0.2, 0) is 10.3 Å². The minimum Gasteiger partial charge on any atom is -0.326 e. The monoisotopic (exact) mass is 409 g/mol. The highest BCUT2D eigenvalue weighted by Crippen LogP contribution is 2.26. The zero-order chi connectivity index (χ0) is 20.4. The predicted molar refractivity (Wildman–Crippen MR) is 112 cm³/mol. The number of nitrogens with zero attached hydrogens (tertiary/aromatic N) is 3. The van der Waals surface area contributed by atoms with Crippen LogP contribution in [0.1, 0.15) is 41.5 Å². The van der Waals surface area contributed by atoms with E-state index in [1.807, 2.05) is 52.3 Å². The Morgan fingerprint density at radius 2 is 1.78 bits per heavy atom. The molecule has 0 unspecified atom stereocenters. The lowest BCUT2D eigenvalue weighted by molar-refractivity contribution is -0.126. The first-order chi connectivity index (χ1) is 12.4. The molecule has 0 saturated heterocycles. The van der Waals surface area contributed by atoms with Gasteiger partial charge in [0.25, 0.3) is 0 Å². The van der Waals surface area contributed by atoms with Gasteiger partial charge in [-0.25, -0.2) is 4.98 Å². The molecule has 1 aromatic heterocycles. The van der Waals surface area contributed by atoms with Crippen LogP contribution in [0.4, 0.5) is 11.6 Å². The van der Waals surface area contributed by atoms with Crippen LogP contribution < -0.4 is 10.6 Å². The molecule has 1 amide bonds. The zero-order valence-corrected chi connectivity index (χ0v) is 17.9. The number of hydrogen-bond acceptors (Lipinski definition) is 3. The Hall–Kier alpha value is -2.05. The van der Waals surface area contributed by atoms with E-state index < -0.39 is 5.41 Å². The second-order valence-electron chi connectivity index (χ2n) is 8.19. The maximum absolute atomic E-state index is 12.5. The number of halogens is 2. The van der Waals surface area contributed by atoms with Crippen LogP contribution in [0.15, 0.2) is 35.6 Å². The van der Waals surface area contributed by atoms with E-state index in [-0.39, 0.29) is 17.4 Å². The Morgan fingerprint density at radius 1 is 1.11 bits per heavy atom. The van der Waals surface area contributed by atoms with Gasteiger partial charge in [0.1, 0.15) is 0 Å². The number of aliphatic imine (C=N–C) groups is 1. The van der Waals surface area contributed by atoms with Gasteiger partial charge >= 0.3 is 0 Å². The largest absolute Gasteiger partial charge is 0.326 e. The zero-order valence-electron chi connectivity index (χ0n) is 16.4. The third kappa shape index (κ3) is 5.71. The molecule has 2 N–H and O–H groups in total. The van der Waals surface area contributed by atoms with Crippen molar-refractivity contribution in [1.82, 2.24) is 14.9 Å². The summed E-state index contributed by atoms with van der Waals surface area (Å²) in [5.74, 6) is 0.548. The lowest BCUT2D eigenvalue weighted by atomic mass is 9.96. The lowest BCUT2D eigenvalue weighted by Crippen LogP contribution is -2.42. The Morgan fingerprint density at radius 3 is 2.33 bits per heavy atom. The number of rotatable bonds is 2. The van der Waals surface area contributed by atoms with Crippen molar-refractivity contribution in [3.8, 4) is 0 Å². The first-order valence-corrected chi connectivity index (χ1v) is 9.29. The molecule has 0 bridgehead atoms. The van der Waals surface area contributed by atoms with Gasteiger partial charge in [-0.05, 0) is 39.0 Å². The van der Waals surface area contributed by atoms with E-state index >= 15 is 0 Å². The van der Waals surface area contributed by atoms with Crippen molar-refractivity contribution < 1.29 is 4.79 Å². The van der Waals surface area contributed by atoms with E-state index in [4.69, 9.17) is 23.2 Å². The fraction of sp³-hybridized carbons (Fsp3) is 0.421. The third-order valence-electron chi connectivity index (χ3n) is 3.65. The van der Waals surface area contributed by atoms with Gasteiger partial charge in [-0.3, -0.25) is 10.1 Å². The predicted octanol–water partition coefficient (Wildman–Crippen LogP) is 5.21. The smallest absolute Gasteiger partial charge is 0.233 e. The molecular formula is C19H25Cl2N5O. The van der Waals surface area contributed by atoms with Gasteiger partial charge in [0.15, 0.2) is 0 Å². The highest BCUT2D eigenvalue weighted by Gasteiger charge is 2.23. The quantitative estimate of drug-likeness (QED) is 0.528. The number of carbonyl (C=O) groups is 1. The summed E-state index contributed by atoms with van der Waals surface area (Å²) in [7, 11) is 0. The molecule has 146 valence electrons. The molecule has 6 nitrogen and oxygen atoms in total. The van der Waals surface area contributed by atoms with Crippen molar-refractivity contribution in [2.45, 2.75) is 47.1 Å². The summed E-state index contributed by atoms with van der Waals surface area (Å²) in [4.78, 5) is 21.3. The molecule has 0 aliphatic heterocycles. The number of carbonyl (C=O) groups excluding carboxylic acids is 1. The van der Waals surface area contributed by atoms with Crippen LogP contribution >= 0.6 is 23.2 Å². The summed E-state index contributed by atoms with van der Waals surface area (Å²) in [6, 6.07) is 5.09. The minimum absolute atomic E-state index is 0.178. The summed E-state index contributed by atoms with van der Waals surface area (Å²) in [6.45, 7) is 11.6. The summed E-state index contributed by atoms with van der Waals surface area (Å²) >= 11 is 12.1. The summed E-state index contributed by atoms with van der Waals surface area (Å²) in [5.41, 5.74) is -0.149. The average molecular weight is 410 g/mol. The fourth-order valence-electron chi connectivity index (χ4n) is 2.09. The molecule has 2 rings (SSSR count). The standard InChI is InChI=1S/C19H25Cl2N5O/c1-18(2,3)15(27)24-16(23-12-7-8-13(20)14(21)11-12)25-17-22-9-10-26(17)19(4,5)6/h7-11H,1-6H3,(H2,22,23,24,25,27). The topological polar surface area (TPSA) is 71.3 Å². The van der Waals surface area contributed by atoms with Gasteiger partial charge in [0.2, 0.25) is 17.8 Å². The molecule has 8 heteroatoms. The third-order valence-corrected chi connectivity index (χ3v) is 4.39. The maximum atomic E-state index is 12.5. The lowest BCUT2D eigenvalue weighted by Gasteiger charge is -2.23. The van der Waals surface area contributed by atoms with Crippen LogP contribution in [0.3, 0.4) is 0 Å². The molecule has 0 spiro atoms. The average Bonchev–Trinajstić information content (AvgIpc) is 2.98. The van der Waals surface area contributed by atoms with Crippen molar-refractivity contribution >= 4 is 46.7 Å². The van der Waals surface area contributed by atoms with Crippen LogP contribution in [-0.4, -0.2) is 21.4 Å². The Balaban J connectivity index is 2.42. The van der Waals surface area contributed by atoms with Gasteiger partial charge in [-0.2, -0.15) is 4.99 Å². The number of guanidine groups is 1. The number of anilines is 1. The normalized spacial score (nSPS) is 12.8. The van der Waals surface area contributed by atoms with E-state index in [9.17, 15) is 4.79 Å². The molecule has 1 aromatic carbocycles. The molecule has 0 aliphatic carbocycles. The Labute approximate surface area is 170 Å². The number of amides is 1.